The number of fused-ring (bicyclic) bond motifs is 1. The maximum absolute atomic E-state index is 4.57. The van der Waals surface area contributed by atoms with Crippen molar-refractivity contribution in [3.05, 3.63) is 17.5 Å². The molecule has 17 heavy (non-hydrogen) atoms. The van der Waals surface area contributed by atoms with Crippen LogP contribution in [0.3, 0.4) is 0 Å². The van der Waals surface area contributed by atoms with Crippen molar-refractivity contribution >= 4 is 0 Å². The Morgan fingerprint density at radius 2 is 2.35 bits per heavy atom. The molecule has 1 aromatic rings. The predicted octanol–water partition coefficient (Wildman–Crippen LogP) is 2.92. The first-order valence-electron chi connectivity index (χ1n) is 7.00. The Kier molecular flexibility index (Phi) is 4.21. The van der Waals surface area contributed by atoms with Gasteiger partial charge in [-0.3, -0.25) is 4.68 Å². The number of hydrogen-bond donors (Lipinski definition) is 1. The first-order valence-corrected chi connectivity index (χ1v) is 7.00. The van der Waals surface area contributed by atoms with Crippen molar-refractivity contribution < 1.29 is 0 Å². The first kappa shape index (κ1) is 12.6. The van der Waals surface area contributed by atoms with Crippen LogP contribution in [0.25, 0.3) is 0 Å². The summed E-state index contributed by atoms with van der Waals surface area (Å²) >= 11 is 0. The predicted molar refractivity (Wildman–Crippen MR) is 71.0 cm³/mol. The Balaban J connectivity index is 2.13. The highest BCUT2D eigenvalue weighted by molar-refractivity contribution is 5.24. The molecule has 3 heteroatoms. The maximum atomic E-state index is 4.57. The van der Waals surface area contributed by atoms with Crippen LogP contribution in [0.15, 0.2) is 6.20 Å². The number of aromatic nitrogens is 2. The lowest BCUT2D eigenvalue weighted by Crippen LogP contribution is -2.26. The minimum atomic E-state index is 0.541. The monoisotopic (exact) mass is 235 g/mol. The molecule has 1 heterocycles. The number of nitrogens with one attached hydrogen (secondary N) is 1. The van der Waals surface area contributed by atoms with Gasteiger partial charge in [0.1, 0.15) is 0 Å². The van der Waals surface area contributed by atoms with E-state index in [1.807, 2.05) is 0 Å². The van der Waals surface area contributed by atoms with Crippen molar-refractivity contribution in [3.8, 4) is 0 Å². The summed E-state index contributed by atoms with van der Waals surface area (Å²) in [6.07, 6.45) is 7.04. The topological polar surface area (TPSA) is 29.9 Å². The first-order chi connectivity index (χ1) is 8.22. The van der Waals surface area contributed by atoms with Crippen molar-refractivity contribution in [2.45, 2.75) is 59.0 Å². The fraction of sp³-hybridized carbons (Fsp3) is 0.786. The van der Waals surface area contributed by atoms with E-state index in [2.05, 4.69) is 42.1 Å². The largest absolute Gasteiger partial charge is 0.310 e. The second-order valence-electron chi connectivity index (χ2n) is 5.52. The lowest BCUT2D eigenvalue weighted by molar-refractivity contribution is 0.428. The summed E-state index contributed by atoms with van der Waals surface area (Å²) < 4.78 is 2.22. The van der Waals surface area contributed by atoms with Crippen LogP contribution in [0.1, 0.15) is 57.3 Å². The minimum Gasteiger partial charge on any atom is -0.310 e. The summed E-state index contributed by atoms with van der Waals surface area (Å²) in [5, 5.41) is 8.21. The van der Waals surface area contributed by atoms with Gasteiger partial charge in [-0.15, -0.1) is 0 Å². The van der Waals surface area contributed by atoms with Gasteiger partial charge in [0.15, 0.2) is 0 Å². The van der Waals surface area contributed by atoms with Crippen LogP contribution in [0.4, 0.5) is 0 Å². The molecule has 0 aliphatic heterocycles. The molecule has 0 fully saturated rings. The summed E-state index contributed by atoms with van der Waals surface area (Å²) in [6.45, 7) is 8.89. The van der Waals surface area contributed by atoms with Gasteiger partial charge in [0.2, 0.25) is 0 Å². The highest BCUT2D eigenvalue weighted by atomic mass is 15.3. The van der Waals surface area contributed by atoms with Gasteiger partial charge in [-0.2, -0.15) is 5.10 Å². The van der Waals surface area contributed by atoms with E-state index in [4.69, 9.17) is 0 Å². The van der Waals surface area contributed by atoms with Gasteiger partial charge < -0.3 is 5.32 Å². The molecule has 0 saturated carbocycles. The van der Waals surface area contributed by atoms with E-state index in [9.17, 15) is 0 Å². The molecule has 0 saturated heterocycles. The Morgan fingerprint density at radius 3 is 3.06 bits per heavy atom. The summed E-state index contributed by atoms with van der Waals surface area (Å²) in [5.41, 5.74) is 2.92. The van der Waals surface area contributed by atoms with Crippen LogP contribution in [0, 0.1) is 5.92 Å². The van der Waals surface area contributed by atoms with E-state index < -0.39 is 0 Å². The molecule has 1 atom stereocenters. The zero-order valence-electron chi connectivity index (χ0n) is 11.4. The minimum absolute atomic E-state index is 0.541. The molecule has 1 N–H and O–H groups in total. The van der Waals surface area contributed by atoms with E-state index in [-0.39, 0.29) is 0 Å². The van der Waals surface area contributed by atoms with Crippen molar-refractivity contribution in [2.75, 3.05) is 6.54 Å². The van der Waals surface area contributed by atoms with E-state index in [1.54, 1.807) is 0 Å². The molecular formula is C14H25N3. The molecule has 96 valence electrons. The third-order valence-electron chi connectivity index (χ3n) is 3.44. The Hall–Kier alpha value is -0.830. The molecule has 0 radical (unpaired) electrons. The molecule has 3 nitrogen and oxygen atoms in total. The third-order valence-corrected chi connectivity index (χ3v) is 3.44. The van der Waals surface area contributed by atoms with Gasteiger partial charge in [0.05, 0.1) is 6.20 Å². The van der Waals surface area contributed by atoms with E-state index in [1.165, 1.54) is 36.9 Å². The zero-order chi connectivity index (χ0) is 12.3. The van der Waals surface area contributed by atoms with Gasteiger partial charge >= 0.3 is 0 Å². The van der Waals surface area contributed by atoms with E-state index in [0.29, 0.717) is 12.0 Å². The zero-order valence-corrected chi connectivity index (χ0v) is 11.4. The molecule has 0 amide bonds. The van der Waals surface area contributed by atoms with Crippen LogP contribution in [0.5, 0.6) is 0 Å². The van der Waals surface area contributed by atoms with Gasteiger partial charge in [0, 0.05) is 23.8 Å². The molecule has 1 aliphatic rings. The standard InChI is InChI=1S/C14H25N3/c1-4-8-15-13-6-5-7-14-12(13)9-16-17(14)10-11(2)3/h9,11,13,15H,4-8,10H2,1-3H3. The van der Waals surface area contributed by atoms with Gasteiger partial charge in [-0.1, -0.05) is 20.8 Å². The second kappa shape index (κ2) is 5.67. The summed E-state index contributed by atoms with van der Waals surface area (Å²) in [4.78, 5) is 0. The van der Waals surface area contributed by atoms with Crippen LogP contribution >= 0.6 is 0 Å². The fourth-order valence-electron chi connectivity index (χ4n) is 2.65. The molecule has 2 rings (SSSR count). The molecule has 1 aromatic heterocycles. The van der Waals surface area contributed by atoms with Crippen molar-refractivity contribution in [2.24, 2.45) is 5.92 Å². The lowest BCUT2D eigenvalue weighted by Gasteiger charge is -2.24. The van der Waals surface area contributed by atoms with Crippen LogP contribution in [0.2, 0.25) is 0 Å². The SMILES string of the molecule is CCCNC1CCCc2c1cnn2CC(C)C. The smallest absolute Gasteiger partial charge is 0.0540 e. The van der Waals surface area contributed by atoms with Crippen molar-refractivity contribution in [1.82, 2.24) is 15.1 Å². The Bertz CT molecular complexity index is 354. The molecule has 0 bridgehead atoms. The summed E-state index contributed by atoms with van der Waals surface area (Å²) in [5.74, 6) is 0.669. The van der Waals surface area contributed by atoms with Crippen LogP contribution in [-0.2, 0) is 13.0 Å². The van der Waals surface area contributed by atoms with Crippen molar-refractivity contribution in [3.63, 3.8) is 0 Å². The van der Waals surface area contributed by atoms with Gasteiger partial charge in [0.25, 0.3) is 0 Å². The van der Waals surface area contributed by atoms with Crippen LogP contribution in [-0.4, -0.2) is 16.3 Å². The average Bonchev–Trinajstić information content (AvgIpc) is 2.70. The van der Waals surface area contributed by atoms with Crippen LogP contribution < -0.4 is 5.32 Å². The summed E-state index contributed by atoms with van der Waals surface area (Å²) in [7, 11) is 0. The van der Waals surface area contributed by atoms with E-state index >= 15 is 0 Å². The Labute approximate surface area is 105 Å². The van der Waals surface area contributed by atoms with Gasteiger partial charge in [-0.25, -0.2) is 0 Å². The highest BCUT2D eigenvalue weighted by Crippen LogP contribution is 2.29. The molecule has 0 spiro atoms. The number of nitrogens with zero attached hydrogens (tertiary/aromatic N) is 2. The Morgan fingerprint density at radius 1 is 1.53 bits per heavy atom. The number of hydrogen-bond acceptors (Lipinski definition) is 2. The van der Waals surface area contributed by atoms with Crippen molar-refractivity contribution in [1.29, 1.82) is 0 Å². The molecule has 0 aromatic carbocycles. The number of rotatable bonds is 5. The van der Waals surface area contributed by atoms with E-state index in [0.717, 1.165) is 13.1 Å². The molecule has 1 aliphatic carbocycles. The normalized spacial score (nSPS) is 19.6. The second-order valence-corrected chi connectivity index (χ2v) is 5.52. The lowest BCUT2D eigenvalue weighted by atomic mass is 9.93. The maximum Gasteiger partial charge on any atom is 0.0540 e. The quantitative estimate of drug-likeness (QED) is 0.850. The highest BCUT2D eigenvalue weighted by Gasteiger charge is 2.23. The fourth-order valence-corrected chi connectivity index (χ4v) is 2.65. The molecular weight excluding hydrogens is 210 g/mol. The average molecular weight is 235 g/mol. The van der Waals surface area contributed by atoms with Gasteiger partial charge in [-0.05, 0) is 38.1 Å². The summed E-state index contributed by atoms with van der Waals surface area (Å²) in [6, 6.07) is 0.541. The molecule has 1 unspecified atom stereocenters. The third kappa shape index (κ3) is 2.89.